The van der Waals surface area contributed by atoms with E-state index in [-0.39, 0.29) is 12.1 Å². The average Bonchev–Trinajstić information content (AvgIpc) is 2.86. The van der Waals surface area contributed by atoms with E-state index in [0.29, 0.717) is 5.56 Å². The summed E-state index contributed by atoms with van der Waals surface area (Å²) in [5.74, 6) is -1.57. The molecule has 18 heavy (non-hydrogen) atoms. The van der Waals surface area contributed by atoms with E-state index in [1.54, 1.807) is 17.4 Å². The molecule has 2 aromatic rings. The molecule has 1 aromatic carbocycles. The fourth-order valence-electron chi connectivity index (χ4n) is 1.94. The molecule has 1 heterocycles. The molecule has 0 amide bonds. The molecule has 0 radical (unpaired) electrons. The fraction of sp³-hybridized carbons (Fsp3) is 0.286. The van der Waals surface area contributed by atoms with E-state index >= 15 is 0 Å². The monoisotopic (exact) mass is 267 g/mol. The van der Waals surface area contributed by atoms with Crippen LogP contribution in [0.1, 0.15) is 37.1 Å². The van der Waals surface area contributed by atoms with Gasteiger partial charge in [0.05, 0.1) is 0 Å². The first-order chi connectivity index (χ1) is 8.59. The van der Waals surface area contributed by atoms with Gasteiger partial charge in [-0.15, -0.1) is 0 Å². The van der Waals surface area contributed by atoms with Crippen LogP contribution in [-0.2, 0) is 0 Å². The summed E-state index contributed by atoms with van der Waals surface area (Å²) in [5, 5.41) is 7.32. The first-order valence-electron chi connectivity index (χ1n) is 5.81. The Balaban J connectivity index is 2.12. The molecule has 96 valence electrons. The normalized spacial score (nSPS) is 14.4. The number of halogens is 2. The van der Waals surface area contributed by atoms with E-state index in [9.17, 15) is 8.78 Å². The van der Waals surface area contributed by atoms with Crippen molar-refractivity contribution in [2.24, 2.45) is 0 Å². The SMILES string of the molecule is CC(NC(C)c1cccc(F)c1F)c1ccsc1. The molecule has 4 heteroatoms. The standard InChI is InChI=1S/C14H15F2NS/c1-9(11-6-7-18-8-11)17-10(2)12-4-3-5-13(15)14(12)16/h3-10,17H,1-2H3. The molecular weight excluding hydrogens is 252 g/mol. The zero-order valence-electron chi connectivity index (χ0n) is 10.3. The van der Waals surface area contributed by atoms with Gasteiger partial charge >= 0.3 is 0 Å². The number of hydrogen-bond donors (Lipinski definition) is 1. The van der Waals surface area contributed by atoms with Gasteiger partial charge in [-0.05, 0) is 42.3 Å². The second-order valence-corrected chi connectivity index (χ2v) is 5.09. The van der Waals surface area contributed by atoms with Crippen molar-refractivity contribution < 1.29 is 8.78 Å². The van der Waals surface area contributed by atoms with E-state index in [0.717, 1.165) is 11.6 Å². The summed E-state index contributed by atoms with van der Waals surface area (Å²) in [5.41, 5.74) is 1.51. The number of rotatable bonds is 4. The molecule has 0 aliphatic carbocycles. The number of nitrogens with one attached hydrogen (secondary N) is 1. The number of benzene rings is 1. The Kier molecular flexibility index (Phi) is 4.09. The lowest BCUT2D eigenvalue weighted by Gasteiger charge is -2.20. The number of hydrogen-bond acceptors (Lipinski definition) is 2. The quantitative estimate of drug-likeness (QED) is 0.863. The molecule has 1 nitrogen and oxygen atoms in total. The lowest BCUT2D eigenvalue weighted by molar-refractivity contribution is 0.449. The van der Waals surface area contributed by atoms with Crippen LogP contribution in [0.4, 0.5) is 8.78 Å². The van der Waals surface area contributed by atoms with Crippen molar-refractivity contribution in [1.82, 2.24) is 5.32 Å². The van der Waals surface area contributed by atoms with Crippen molar-refractivity contribution in [3.63, 3.8) is 0 Å². The molecule has 0 saturated carbocycles. The van der Waals surface area contributed by atoms with Crippen molar-refractivity contribution in [3.8, 4) is 0 Å². The Hall–Kier alpha value is -1.26. The topological polar surface area (TPSA) is 12.0 Å². The van der Waals surface area contributed by atoms with Gasteiger partial charge in [0.1, 0.15) is 0 Å². The lowest BCUT2D eigenvalue weighted by atomic mass is 10.1. The summed E-state index contributed by atoms with van der Waals surface area (Å²) < 4.78 is 26.8. The fourth-order valence-corrected chi connectivity index (χ4v) is 2.69. The van der Waals surface area contributed by atoms with Gasteiger partial charge in [-0.25, -0.2) is 8.78 Å². The van der Waals surface area contributed by atoms with Crippen molar-refractivity contribution in [2.75, 3.05) is 0 Å². The van der Waals surface area contributed by atoms with Gasteiger partial charge in [-0.3, -0.25) is 0 Å². The minimum Gasteiger partial charge on any atom is -0.304 e. The van der Waals surface area contributed by atoms with Crippen LogP contribution in [0.25, 0.3) is 0 Å². The Bertz CT molecular complexity index is 511. The second kappa shape index (κ2) is 5.59. The third kappa shape index (κ3) is 2.76. The van der Waals surface area contributed by atoms with Crippen LogP contribution >= 0.6 is 11.3 Å². The van der Waals surface area contributed by atoms with Crippen LogP contribution in [0.5, 0.6) is 0 Å². The molecule has 0 spiro atoms. The van der Waals surface area contributed by atoms with Gasteiger partial charge in [0.15, 0.2) is 11.6 Å². The Morgan fingerprint density at radius 3 is 2.56 bits per heavy atom. The highest BCUT2D eigenvalue weighted by Crippen LogP contribution is 2.23. The second-order valence-electron chi connectivity index (χ2n) is 4.31. The van der Waals surface area contributed by atoms with Gasteiger partial charge in [-0.2, -0.15) is 11.3 Å². The van der Waals surface area contributed by atoms with E-state index in [1.807, 2.05) is 30.7 Å². The van der Waals surface area contributed by atoms with Crippen molar-refractivity contribution >= 4 is 11.3 Å². The molecule has 2 atom stereocenters. The van der Waals surface area contributed by atoms with E-state index in [2.05, 4.69) is 5.32 Å². The molecule has 0 aliphatic heterocycles. The smallest absolute Gasteiger partial charge is 0.163 e. The maximum atomic E-state index is 13.6. The van der Waals surface area contributed by atoms with Crippen LogP contribution in [0.2, 0.25) is 0 Å². The highest BCUT2D eigenvalue weighted by atomic mass is 32.1. The third-order valence-corrected chi connectivity index (χ3v) is 3.69. The van der Waals surface area contributed by atoms with Crippen LogP contribution < -0.4 is 5.32 Å². The summed E-state index contributed by atoms with van der Waals surface area (Å²) in [6, 6.07) is 6.16. The Morgan fingerprint density at radius 1 is 1.11 bits per heavy atom. The molecule has 0 saturated heterocycles. The lowest BCUT2D eigenvalue weighted by Crippen LogP contribution is -2.23. The zero-order valence-corrected chi connectivity index (χ0v) is 11.1. The van der Waals surface area contributed by atoms with Crippen LogP contribution in [0.3, 0.4) is 0 Å². The minimum atomic E-state index is -0.802. The van der Waals surface area contributed by atoms with E-state index in [4.69, 9.17) is 0 Å². The predicted octanol–water partition coefficient (Wildman–Crippen LogP) is 4.44. The summed E-state index contributed by atoms with van der Waals surface area (Å²) in [7, 11) is 0. The third-order valence-electron chi connectivity index (χ3n) is 2.99. The van der Waals surface area contributed by atoms with Gasteiger partial charge in [-0.1, -0.05) is 12.1 Å². The highest BCUT2D eigenvalue weighted by Gasteiger charge is 2.16. The first-order valence-corrected chi connectivity index (χ1v) is 6.76. The molecule has 1 aromatic heterocycles. The summed E-state index contributed by atoms with van der Waals surface area (Å²) >= 11 is 1.62. The highest BCUT2D eigenvalue weighted by molar-refractivity contribution is 7.07. The maximum absolute atomic E-state index is 13.6. The van der Waals surface area contributed by atoms with Crippen LogP contribution in [-0.4, -0.2) is 0 Å². The minimum absolute atomic E-state index is 0.105. The molecule has 1 N–H and O–H groups in total. The summed E-state index contributed by atoms with van der Waals surface area (Å²) in [4.78, 5) is 0. The predicted molar refractivity (Wildman–Crippen MR) is 70.6 cm³/mol. The largest absolute Gasteiger partial charge is 0.304 e. The molecule has 2 unspecified atom stereocenters. The van der Waals surface area contributed by atoms with E-state index < -0.39 is 11.6 Å². The van der Waals surface area contributed by atoms with Gasteiger partial charge in [0.2, 0.25) is 0 Å². The summed E-state index contributed by atoms with van der Waals surface area (Å²) in [6.45, 7) is 3.84. The Morgan fingerprint density at radius 2 is 1.89 bits per heavy atom. The van der Waals surface area contributed by atoms with Gasteiger partial charge < -0.3 is 5.32 Å². The van der Waals surface area contributed by atoms with Gasteiger partial charge in [0, 0.05) is 17.6 Å². The molecule has 0 aliphatic rings. The Labute approximate surface area is 109 Å². The van der Waals surface area contributed by atoms with Gasteiger partial charge in [0.25, 0.3) is 0 Å². The average molecular weight is 267 g/mol. The molecule has 2 rings (SSSR count). The van der Waals surface area contributed by atoms with Crippen LogP contribution in [0, 0.1) is 11.6 Å². The van der Waals surface area contributed by atoms with Crippen molar-refractivity contribution in [2.45, 2.75) is 25.9 Å². The zero-order chi connectivity index (χ0) is 13.1. The summed E-state index contributed by atoms with van der Waals surface area (Å²) in [6.07, 6.45) is 0. The molecular formula is C14H15F2NS. The first kappa shape index (κ1) is 13.2. The van der Waals surface area contributed by atoms with Crippen LogP contribution in [0.15, 0.2) is 35.0 Å². The molecule has 0 fully saturated rings. The molecule has 0 bridgehead atoms. The van der Waals surface area contributed by atoms with Crippen molar-refractivity contribution in [3.05, 3.63) is 57.8 Å². The maximum Gasteiger partial charge on any atom is 0.163 e. The van der Waals surface area contributed by atoms with Crippen molar-refractivity contribution in [1.29, 1.82) is 0 Å². The number of thiophene rings is 1. The van der Waals surface area contributed by atoms with E-state index in [1.165, 1.54) is 6.07 Å².